The normalized spacial score (nSPS) is 10.6. The van der Waals surface area contributed by atoms with Gasteiger partial charge in [-0.05, 0) is 60.7 Å². The Kier molecular flexibility index (Phi) is 4.81. The number of carbonyl (C=O) groups excluding carboxylic acids is 1. The van der Waals surface area contributed by atoms with Gasteiger partial charge in [-0.3, -0.25) is 4.79 Å². The molecule has 0 aliphatic carbocycles. The van der Waals surface area contributed by atoms with Crippen molar-refractivity contribution >= 4 is 21.7 Å². The topological polar surface area (TPSA) is 30.0 Å². The minimum absolute atomic E-state index is 0.0934. The quantitative estimate of drug-likeness (QED) is 0.450. The van der Waals surface area contributed by atoms with Gasteiger partial charge in [-0.2, -0.15) is 0 Å². The standard InChI is InChI=1S/C19H12BrF2NO/c20-11-19(24)14-9-17(12-1-5-15(21)6-2-12)23-18(10-14)13-3-7-16(22)8-4-13/h1-10H,11H2. The van der Waals surface area contributed by atoms with E-state index in [4.69, 9.17) is 0 Å². The summed E-state index contributed by atoms with van der Waals surface area (Å²) in [6.07, 6.45) is 0. The first-order valence-corrected chi connectivity index (χ1v) is 8.32. The van der Waals surface area contributed by atoms with Crippen LogP contribution in [0.25, 0.3) is 22.5 Å². The van der Waals surface area contributed by atoms with Gasteiger partial charge in [0, 0.05) is 16.7 Å². The SMILES string of the molecule is O=C(CBr)c1cc(-c2ccc(F)cc2)nc(-c2ccc(F)cc2)c1. The molecule has 0 N–H and O–H groups in total. The van der Waals surface area contributed by atoms with Gasteiger partial charge < -0.3 is 0 Å². The Labute approximate surface area is 146 Å². The Morgan fingerprint density at radius 1 is 0.833 bits per heavy atom. The summed E-state index contributed by atoms with van der Waals surface area (Å²) in [6, 6.07) is 15.1. The number of Topliss-reactive ketones (excluding diaryl/α,β-unsaturated/α-hetero) is 1. The van der Waals surface area contributed by atoms with E-state index in [2.05, 4.69) is 20.9 Å². The molecule has 0 saturated carbocycles. The zero-order valence-electron chi connectivity index (χ0n) is 12.5. The average Bonchev–Trinajstić information content (AvgIpc) is 2.62. The smallest absolute Gasteiger partial charge is 0.173 e. The van der Waals surface area contributed by atoms with Crippen LogP contribution in [0.15, 0.2) is 60.7 Å². The van der Waals surface area contributed by atoms with Crippen molar-refractivity contribution in [1.29, 1.82) is 0 Å². The molecule has 120 valence electrons. The van der Waals surface area contributed by atoms with Crippen molar-refractivity contribution in [2.45, 2.75) is 0 Å². The van der Waals surface area contributed by atoms with E-state index >= 15 is 0 Å². The molecule has 0 amide bonds. The van der Waals surface area contributed by atoms with Crippen LogP contribution in [0.1, 0.15) is 10.4 Å². The molecule has 3 aromatic rings. The van der Waals surface area contributed by atoms with E-state index in [1.165, 1.54) is 24.3 Å². The maximum absolute atomic E-state index is 13.1. The summed E-state index contributed by atoms with van der Waals surface area (Å²) in [5.41, 5.74) is 3.00. The molecule has 1 aromatic heterocycles. The van der Waals surface area contributed by atoms with Crippen molar-refractivity contribution in [3.8, 4) is 22.5 Å². The van der Waals surface area contributed by atoms with Crippen LogP contribution in [0.3, 0.4) is 0 Å². The molecule has 0 aliphatic heterocycles. The Morgan fingerprint density at radius 3 is 1.62 bits per heavy atom. The molecule has 5 heteroatoms. The molecule has 24 heavy (non-hydrogen) atoms. The first kappa shape index (κ1) is 16.5. The van der Waals surface area contributed by atoms with E-state index in [1.807, 2.05) is 0 Å². The maximum Gasteiger partial charge on any atom is 0.173 e. The fourth-order valence-corrected chi connectivity index (χ4v) is 2.63. The zero-order chi connectivity index (χ0) is 17.1. The Hall–Kier alpha value is -2.40. The Morgan fingerprint density at radius 2 is 1.25 bits per heavy atom. The highest BCUT2D eigenvalue weighted by Gasteiger charge is 2.12. The average molecular weight is 388 g/mol. The van der Waals surface area contributed by atoms with E-state index < -0.39 is 0 Å². The summed E-state index contributed by atoms with van der Waals surface area (Å²) in [5.74, 6) is -0.778. The summed E-state index contributed by atoms with van der Waals surface area (Å²) in [6.45, 7) is 0. The minimum Gasteiger partial charge on any atom is -0.293 e. The lowest BCUT2D eigenvalue weighted by Crippen LogP contribution is -2.02. The van der Waals surface area contributed by atoms with Crippen molar-refractivity contribution in [3.63, 3.8) is 0 Å². The predicted molar refractivity (Wildman–Crippen MR) is 93.1 cm³/mol. The Bertz CT molecular complexity index is 813. The highest BCUT2D eigenvalue weighted by Crippen LogP contribution is 2.26. The molecule has 0 atom stereocenters. The third-order valence-electron chi connectivity index (χ3n) is 3.55. The molecule has 0 radical (unpaired) electrons. The molecular formula is C19H12BrF2NO. The minimum atomic E-state index is -0.342. The van der Waals surface area contributed by atoms with Crippen LogP contribution in [0.4, 0.5) is 8.78 Å². The van der Waals surface area contributed by atoms with Crippen LogP contribution in [0.2, 0.25) is 0 Å². The number of benzene rings is 2. The molecule has 1 heterocycles. The maximum atomic E-state index is 13.1. The van der Waals surface area contributed by atoms with Crippen molar-refractivity contribution in [1.82, 2.24) is 4.98 Å². The molecule has 2 aromatic carbocycles. The lowest BCUT2D eigenvalue weighted by atomic mass is 10.0. The zero-order valence-corrected chi connectivity index (χ0v) is 14.1. The molecule has 0 unspecified atom stereocenters. The van der Waals surface area contributed by atoms with Gasteiger partial charge in [0.25, 0.3) is 0 Å². The number of nitrogens with zero attached hydrogens (tertiary/aromatic N) is 1. The number of ketones is 1. The van der Waals surface area contributed by atoms with Crippen LogP contribution in [-0.2, 0) is 0 Å². The van der Waals surface area contributed by atoms with Gasteiger partial charge in [-0.15, -0.1) is 0 Å². The number of halogens is 3. The van der Waals surface area contributed by atoms with Gasteiger partial charge in [-0.25, -0.2) is 13.8 Å². The molecule has 2 nitrogen and oxygen atoms in total. The molecule has 0 fully saturated rings. The van der Waals surface area contributed by atoms with Gasteiger partial charge in [0.15, 0.2) is 5.78 Å². The monoisotopic (exact) mass is 387 g/mol. The lowest BCUT2D eigenvalue weighted by Gasteiger charge is -2.09. The second kappa shape index (κ2) is 7.01. The van der Waals surface area contributed by atoms with E-state index in [1.54, 1.807) is 36.4 Å². The molecule has 0 aliphatic rings. The third-order valence-corrected chi connectivity index (χ3v) is 4.06. The predicted octanol–water partition coefficient (Wildman–Crippen LogP) is 5.27. The van der Waals surface area contributed by atoms with Gasteiger partial charge in [0.2, 0.25) is 0 Å². The summed E-state index contributed by atoms with van der Waals surface area (Å²) in [7, 11) is 0. The van der Waals surface area contributed by atoms with E-state index in [9.17, 15) is 13.6 Å². The number of alkyl halides is 1. The van der Waals surface area contributed by atoms with E-state index in [0.717, 1.165) is 0 Å². The van der Waals surface area contributed by atoms with Crippen LogP contribution in [0.5, 0.6) is 0 Å². The number of hydrogen-bond donors (Lipinski definition) is 0. The van der Waals surface area contributed by atoms with Gasteiger partial charge >= 0.3 is 0 Å². The second-order valence-electron chi connectivity index (χ2n) is 5.20. The highest BCUT2D eigenvalue weighted by atomic mass is 79.9. The fraction of sp³-hybridized carbons (Fsp3) is 0.0526. The van der Waals surface area contributed by atoms with Crippen LogP contribution in [0, 0.1) is 11.6 Å². The molecule has 0 bridgehead atoms. The fourth-order valence-electron chi connectivity index (χ4n) is 2.31. The first-order chi connectivity index (χ1) is 11.6. The summed E-state index contributed by atoms with van der Waals surface area (Å²) in [5, 5.41) is 0.183. The van der Waals surface area contributed by atoms with Crippen molar-refractivity contribution in [2.75, 3.05) is 5.33 Å². The van der Waals surface area contributed by atoms with Crippen LogP contribution >= 0.6 is 15.9 Å². The summed E-state index contributed by atoms with van der Waals surface area (Å²) in [4.78, 5) is 16.6. The number of pyridine rings is 1. The molecular weight excluding hydrogens is 376 g/mol. The van der Waals surface area contributed by atoms with Crippen LogP contribution < -0.4 is 0 Å². The Balaban J connectivity index is 2.14. The molecule has 3 rings (SSSR count). The number of carbonyl (C=O) groups is 1. The number of rotatable bonds is 4. The first-order valence-electron chi connectivity index (χ1n) is 7.20. The van der Waals surface area contributed by atoms with Gasteiger partial charge in [-0.1, -0.05) is 15.9 Å². The second-order valence-corrected chi connectivity index (χ2v) is 5.76. The summed E-state index contributed by atoms with van der Waals surface area (Å²) >= 11 is 3.16. The van der Waals surface area contributed by atoms with Gasteiger partial charge in [0.1, 0.15) is 11.6 Å². The number of aromatic nitrogens is 1. The van der Waals surface area contributed by atoms with E-state index in [0.29, 0.717) is 28.1 Å². The van der Waals surface area contributed by atoms with E-state index in [-0.39, 0.29) is 22.7 Å². The highest BCUT2D eigenvalue weighted by molar-refractivity contribution is 9.09. The van der Waals surface area contributed by atoms with Gasteiger partial charge in [0.05, 0.1) is 16.7 Å². The molecule has 0 spiro atoms. The third kappa shape index (κ3) is 3.57. The lowest BCUT2D eigenvalue weighted by molar-refractivity contribution is 0.102. The van der Waals surface area contributed by atoms with Crippen LogP contribution in [-0.4, -0.2) is 16.1 Å². The summed E-state index contributed by atoms with van der Waals surface area (Å²) < 4.78 is 26.3. The largest absolute Gasteiger partial charge is 0.293 e. The van der Waals surface area contributed by atoms with Crippen molar-refractivity contribution in [3.05, 3.63) is 77.9 Å². The van der Waals surface area contributed by atoms with Crippen molar-refractivity contribution in [2.24, 2.45) is 0 Å². The van der Waals surface area contributed by atoms with Crippen molar-refractivity contribution < 1.29 is 13.6 Å². The molecule has 0 saturated heterocycles. The number of hydrogen-bond acceptors (Lipinski definition) is 2.